The number of ether oxygens (including phenoxy) is 2. The monoisotopic (exact) mass is 921 g/mol. The SMILES string of the molecule is CCOC(=O)C1=C[C@@H](Br)[C@H](N)[C@H](O[Si](c2ccccc2)(c2ccccc2)C(C)(C)C)C1.CCOC(=O)C1=C[C@@H]2C[C@@H]2[C@H](O[Si](c2ccccc2)(c2ccccc2)C(C)(C)C)C1. The van der Waals surface area contributed by atoms with E-state index < -0.39 is 16.6 Å². The number of esters is 2. The summed E-state index contributed by atoms with van der Waals surface area (Å²) in [6, 6.07) is 42.1. The van der Waals surface area contributed by atoms with Crippen LogP contribution in [0.15, 0.2) is 145 Å². The third-order valence-corrected chi connectivity index (χ3v) is 23.3. The number of hydrogen-bond donors (Lipinski definition) is 1. The quantitative estimate of drug-likeness (QED) is 0.0867. The second kappa shape index (κ2) is 19.6. The minimum atomic E-state index is -2.77. The van der Waals surface area contributed by atoms with Gasteiger partial charge in [0, 0.05) is 30.0 Å². The van der Waals surface area contributed by atoms with E-state index in [2.05, 4.69) is 173 Å². The van der Waals surface area contributed by atoms with Crippen LogP contribution in [0, 0.1) is 11.8 Å². The number of rotatable bonds is 12. The van der Waals surface area contributed by atoms with Gasteiger partial charge < -0.3 is 24.1 Å². The minimum Gasteiger partial charge on any atom is -0.463 e. The van der Waals surface area contributed by atoms with E-state index in [9.17, 15) is 9.59 Å². The lowest BCUT2D eigenvalue weighted by Crippen LogP contribution is -2.69. The van der Waals surface area contributed by atoms with Crippen molar-refractivity contribution in [2.45, 2.75) is 108 Å². The lowest BCUT2D eigenvalue weighted by atomic mass is 9.93. The molecule has 0 amide bonds. The molecule has 4 aromatic carbocycles. The molecule has 0 heterocycles. The summed E-state index contributed by atoms with van der Waals surface area (Å²) < 4.78 is 25.1. The van der Waals surface area contributed by atoms with Gasteiger partial charge in [-0.2, -0.15) is 0 Å². The zero-order valence-corrected chi connectivity index (χ0v) is 40.7. The fourth-order valence-corrected chi connectivity index (χ4v) is 19.4. The Hall–Kier alpha value is -3.91. The van der Waals surface area contributed by atoms with Gasteiger partial charge in [-0.05, 0) is 62.9 Å². The maximum absolute atomic E-state index is 12.5. The van der Waals surface area contributed by atoms with E-state index >= 15 is 0 Å². The van der Waals surface area contributed by atoms with Gasteiger partial charge in [0.05, 0.1) is 30.2 Å². The van der Waals surface area contributed by atoms with Gasteiger partial charge >= 0.3 is 11.9 Å². The fraction of sp³-hybridized carbons (Fsp3) is 0.412. The molecule has 4 aromatic rings. The second-order valence-electron chi connectivity index (χ2n) is 18.5. The van der Waals surface area contributed by atoms with E-state index in [-0.39, 0.29) is 45.1 Å². The number of allylic oxidation sites excluding steroid dienone is 1. The van der Waals surface area contributed by atoms with Gasteiger partial charge in [0.2, 0.25) is 0 Å². The molecule has 1 fully saturated rings. The van der Waals surface area contributed by atoms with E-state index in [4.69, 9.17) is 24.1 Å². The van der Waals surface area contributed by atoms with E-state index in [0.29, 0.717) is 43.5 Å². The van der Waals surface area contributed by atoms with Gasteiger partial charge in [-0.3, -0.25) is 0 Å². The molecule has 0 aromatic heterocycles. The smallest absolute Gasteiger partial charge is 0.333 e. The molecule has 2 N–H and O–H groups in total. The van der Waals surface area contributed by atoms with Crippen molar-refractivity contribution in [1.82, 2.24) is 0 Å². The van der Waals surface area contributed by atoms with E-state index in [1.165, 1.54) is 20.7 Å². The van der Waals surface area contributed by atoms with Crippen molar-refractivity contribution in [2.75, 3.05) is 13.2 Å². The first-order valence-corrected chi connectivity index (χ1v) is 26.5. The van der Waals surface area contributed by atoms with Crippen LogP contribution in [0.25, 0.3) is 0 Å². The molecule has 6 atom stereocenters. The zero-order chi connectivity index (χ0) is 44.0. The van der Waals surface area contributed by atoms with Gasteiger partial charge in [-0.1, -0.05) is 191 Å². The Morgan fingerprint density at radius 2 is 0.934 bits per heavy atom. The van der Waals surface area contributed by atoms with Crippen LogP contribution in [0.3, 0.4) is 0 Å². The lowest BCUT2D eigenvalue weighted by Gasteiger charge is -2.47. The van der Waals surface area contributed by atoms with E-state index in [1.807, 2.05) is 32.1 Å². The summed E-state index contributed by atoms with van der Waals surface area (Å²) in [6.45, 7) is 18.0. The van der Waals surface area contributed by atoms with Crippen LogP contribution in [-0.2, 0) is 27.9 Å². The average molecular weight is 923 g/mol. The minimum absolute atomic E-state index is 0.0470. The van der Waals surface area contributed by atoms with Gasteiger partial charge in [0.15, 0.2) is 0 Å². The van der Waals surface area contributed by atoms with Crippen molar-refractivity contribution >= 4 is 65.3 Å². The number of alkyl halides is 1. The maximum atomic E-state index is 12.5. The predicted octanol–water partition coefficient (Wildman–Crippen LogP) is 8.38. The number of fused-ring (bicyclic) bond motifs is 1. The van der Waals surface area contributed by atoms with Crippen molar-refractivity contribution in [3.05, 3.63) is 145 Å². The van der Waals surface area contributed by atoms with Gasteiger partial charge in [0.25, 0.3) is 16.6 Å². The second-order valence-corrected chi connectivity index (χ2v) is 28.0. The largest absolute Gasteiger partial charge is 0.463 e. The van der Waals surface area contributed by atoms with Gasteiger partial charge in [-0.15, -0.1) is 0 Å². The molecule has 7 nitrogen and oxygen atoms in total. The Morgan fingerprint density at radius 3 is 1.30 bits per heavy atom. The first-order chi connectivity index (χ1) is 29.1. The topological polar surface area (TPSA) is 97.1 Å². The van der Waals surface area contributed by atoms with E-state index in [0.717, 1.165) is 12.0 Å². The Labute approximate surface area is 374 Å². The molecule has 10 heteroatoms. The number of carbonyl (C=O) groups excluding carboxylic acids is 2. The van der Waals surface area contributed by atoms with Crippen molar-refractivity contribution < 1.29 is 27.9 Å². The summed E-state index contributed by atoms with van der Waals surface area (Å²) in [4.78, 5) is 24.8. The summed E-state index contributed by atoms with van der Waals surface area (Å²) in [5.41, 5.74) is 8.03. The normalized spacial score (nSPS) is 22.7. The molecule has 0 bridgehead atoms. The molecule has 0 spiro atoms. The van der Waals surface area contributed by atoms with Crippen LogP contribution in [0.1, 0.15) is 74.7 Å². The third-order valence-electron chi connectivity index (χ3n) is 12.3. The molecule has 1 saturated carbocycles. The molecule has 0 saturated heterocycles. The van der Waals surface area contributed by atoms with Gasteiger partial charge in [-0.25, -0.2) is 9.59 Å². The highest BCUT2D eigenvalue weighted by molar-refractivity contribution is 9.09. The molecule has 0 aliphatic heterocycles. The third kappa shape index (κ3) is 10.0. The Morgan fingerprint density at radius 1 is 0.590 bits per heavy atom. The molecule has 3 aliphatic carbocycles. The molecule has 61 heavy (non-hydrogen) atoms. The highest BCUT2D eigenvalue weighted by Crippen LogP contribution is 2.51. The highest BCUT2D eigenvalue weighted by atomic mass is 79.9. The average Bonchev–Trinajstić information content (AvgIpc) is 4.04. The van der Waals surface area contributed by atoms with Crippen LogP contribution in [0.4, 0.5) is 0 Å². The molecular weight excluding hydrogens is 859 g/mol. The first-order valence-electron chi connectivity index (χ1n) is 21.8. The van der Waals surface area contributed by atoms with Crippen LogP contribution >= 0.6 is 15.9 Å². The Kier molecular flexibility index (Phi) is 15.0. The molecule has 324 valence electrons. The number of hydrogen-bond acceptors (Lipinski definition) is 7. The Bertz CT molecular complexity index is 2060. The summed E-state index contributed by atoms with van der Waals surface area (Å²) in [7, 11) is -5.39. The molecule has 0 unspecified atom stereocenters. The predicted molar refractivity (Wildman–Crippen MR) is 256 cm³/mol. The molecule has 7 rings (SSSR count). The van der Waals surface area contributed by atoms with Crippen molar-refractivity contribution in [3.63, 3.8) is 0 Å². The highest BCUT2D eigenvalue weighted by Gasteiger charge is 2.56. The fourth-order valence-electron chi connectivity index (χ4n) is 9.31. The molecule has 0 radical (unpaired) electrons. The summed E-state index contributed by atoms with van der Waals surface area (Å²) in [5, 5.41) is 4.73. The lowest BCUT2D eigenvalue weighted by molar-refractivity contribution is -0.140. The van der Waals surface area contributed by atoms with Crippen LogP contribution in [-0.4, -0.2) is 64.9 Å². The number of carbonyl (C=O) groups is 2. The van der Waals surface area contributed by atoms with Crippen LogP contribution < -0.4 is 26.5 Å². The molecule has 3 aliphatic rings. The number of benzene rings is 4. The van der Waals surface area contributed by atoms with Crippen LogP contribution in [0.5, 0.6) is 0 Å². The van der Waals surface area contributed by atoms with Crippen molar-refractivity contribution in [2.24, 2.45) is 17.6 Å². The standard InChI is InChI=1S/C26H32O3Si.C25H32BrNO3Si/c1-5-28-25(27)20-16-19-17-23(19)24(18-20)29-30(26(2,3)4,21-12-8-6-9-13-21)22-14-10-7-11-15-22;1-5-29-24(28)18-16-21(26)23(27)22(17-18)30-31(25(2,3)4,19-12-8-6-9-13-19)20-14-10-7-11-15-20/h6-16,19,23-24H,5,17-18H2,1-4H3;6-16,21-23H,5,17,27H2,1-4H3/t19-,23+,24-;21-,22-,23+/m11/s1. The van der Waals surface area contributed by atoms with Gasteiger partial charge in [0.1, 0.15) is 0 Å². The zero-order valence-electron chi connectivity index (χ0n) is 37.1. The Balaban J connectivity index is 0.000000204. The summed E-state index contributed by atoms with van der Waals surface area (Å²) in [5.74, 6) is 0.472. The summed E-state index contributed by atoms with van der Waals surface area (Å²) >= 11 is 3.65. The van der Waals surface area contributed by atoms with Crippen LogP contribution in [0.2, 0.25) is 10.1 Å². The number of nitrogens with two attached hydrogens (primary N) is 1. The molecular formula is C51H64BrNO6Si2. The van der Waals surface area contributed by atoms with Crippen molar-refractivity contribution in [1.29, 1.82) is 0 Å². The van der Waals surface area contributed by atoms with Crippen molar-refractivity contribution in [3.8, 4) is 0 Å². The maximum Gasteiger partial charge on any atom is 0.333 e. The van der Waals surface area contributed by atoms with E-state index in [1.54, 1.807) is 0 Å². The summed E-state index contributed by atoms with van der Waals surface area (Å²) in [6.07, 6.45) is 5.91. The number of halogens is 1. The first kappa shape index (κ1) is 46.6.